The highest BCUT2D eigenvalue weighted by molar-refractivity contribution is 7.91. The second-order valence-corrected chi connectivity index (χ2v) is 7.17. The zero-order chi connectivity index (χ0) is 15.1. The van der Waals surface area contributed by atoms with Gasteiger partial charge in [0.15, 0.2) is 9.84 Å². The number of aliphatic hydroxyl groups is 1. The largest absolute Gasteiger partial charge is 0.497 e. The van der Waals surface area contributed by atoms with Crippen molar-refractivity contribution in [2.24, 2.45) is 5.41 Å². The van der Waals surface area contributed by atoms with E-state index in [4.69, 9.17) is 4.74 Å². The Morgan fingerprint density at radius 1 is 1.35 bits per heavy atom. The average molecular weight is 300 g/mol. The van der Waals surface area contributed by atoms with Gasteiger partial charge in [0, 0.05) is 12.2 Å². The number of ether oxygens (including phenoxy) is 1. The van der Waals surface area contributed by atoms with Crippen LogP contribution in [-0.2, 0) is 14.6 Å². The molecule has 7 heteroatoms. The molecule has 0 spiro atoms. The number of methoxy groups -OCH3 is 1. The van der Waals surface area contributed by atoms with Crippen LogP contribution < -0.4 is 4.74 Å². The molecular formula is C13H16O6S. The van der Waals surface area contributed by atoms with E-state index >= 15 is 0 Å². The lowest BCUT2D eigenvalue weighted by Crippen LogP contribution is -2.27. The Morgan fingerprint density at radius 3 is 2.20 bits per heavy atom. The highest BCUT2D eigenvalue weighted by Gasteiger charge is 2.74. The van der Waals surface area contributed by atoms with Gasteiger partial charge in [-0.2, -0.15) is 0 Å². The van der Waals surface area contributed by atoms with Crippen LogP contribution in [0.1, 0.15) is 11.5 Å². The zero-order valence-electron chi connectivity index (χ0n) is 11.1. The zero-order valence-corrected chi connectivity index (χ0v) is 11.9. The molecule has 0 radical (unpaired) electrons. The van der Waals surface area contributed by atoms with E-state index < -0.39 is 39.0 Å². The Labute approximate surface area is 116 Å². The molecule has 1 saturated carbocycles. The van der Waals surface area contributed by atoms with Crippen molar-refractivity contribution in [3.8, 4) is 5.75 Å². The van der Waals surface area contributed by atoms with E-state index in [0.717, 1.165) is 6.26 Å². The highest BCUT2D eigenvalue weighted by Crippen LogP contribution is 2.62. The Balaban J connectivity index is 2.46. The standard InChI is InChI=1S/C13H16O6S/c1-19-9-5-3-8(4-6-9)10-11(20(2,17)18)13(10,7-14)12(15)16/h3-6,10-11,14H,7H2,1-2H3,(H,15,16)/t10-,11-,13+/m1/s1. The van der Waals surface area contributed by atoms with Crippen LogP contribution in [0.2, 0.25) is 0 Å². The fourth-order valence-corrected chi connectivity index (χ4v) is 4.73. The first-order valence-electron chi connectivity index (χ1n) is 5.96. The van der Waals surface area contributed by atoms with Gasteiger partial charge in [-0.1, -0.05) is 12.1 Å². The van der Waals surface area contributed by atoms with Crippen LogP contribution in [0.3, 0.4) is 0 Å². The molecule has 0 heterocycles. The number of hydrogen-bond donors (Lipinski definition) is 2. The Hall–Kier alpha value is -1.60. The van der Waals surface area contributed by atoms with Gasteiger partial charge in [-0.15, -0.1) is 0 Å². The summed E-state index contributed by atoms with van der Waals surface area (Å²) in [6.45, 7) is -0.712. The van der Waals surface area contributed by atoms with E-state index in [1.54, 1.807) is 24.3 Å². The lowest BCUT2D eigenvalue weighted by molar-refractivity contribution is -0.145. The van der Waals surface area contributed by atoms with Crippen LogP contribution in [-0.4, -0.2) is 49.8 Å². The molecule has 2 rings (SSSR count). The maximum absolute atomic E-state index is 11.8. The van der Waals surface area contributed by atoms with E-state index in [1.807, 2.05) is 0 Å². The number of hydrogen-bond acceptors (Lipinski definition) is 5. The summed E-state index contributed by atoms with van der Waals surface area (Å²) >= 11 is 0. The number of carboxylic acid groups (broad SMARTS) is 1. The van der Waals surface area contributed by atoms with Crippen LogP contribution in [0.5, 0.6) is 5.75 Å². The Morgan fingerprint density at radius 2 is 1.90 bits per heavy atom. The van der Waals surface area contributed by atoms with Gasteiger partial charge in [-0.3, -0.25) is 4.79 Å². The molecule has 1 aromatic carbocycles. The Bertz CT molecular complexity index is 621. The van der Waals surface area contributed by atoms with Crippen LogP contribution in [0.25, 0.3) is 0 Å². The van der Waals surface area contributed by atoms with E-state index in [2.05, 4.69) is 0 Å². The fraction of sp³-hybridized carbons (Fsp3) is 0.462. The molecule has 1 aliphatic rings. The molecule has 2 N–H and O–H groups in total. The molecule has 3 atom stereocenters. The van der Waals surface area contributed by atoms with Crippen molar-refractivity contribution < 1.29 is 28.2 Å². The Kier molecular flexibility index (Phi) is 3.51. The van der Waals surface area contributed by atoms with Crippen molar-refractivity contribution in [1.82, 2.24) is 0 Å². The summed E-state index contributed by atoms with van der Waals surface area (Å²) in [7, 11) is -2.08. The number of rotatable bonds is 5. The van der Waals surface area contributed by atoms with Crippen molar-refractivity contribution in [2.45, 2.75) is 11.2 Å². The summed E-state index contributed by atoms with van der Waals surface area (Å²) in [5.41, 5.74) is -1.08. The van der Waals surface area contributed by atoms with Gasteiger partial charge in [0.25, 0.3) is 0 Å². The molecule has 1 fully saturated rings. The molecule has 0 aromatic heterocycles. The van der Waals surface area contributed by atoms with Gasteiger partial charge in [-0.25, -0.2) is 8.42 Å². The van der Waals surface area contributed by atoms with Crippen LogP contribution in [0.15, 0.2) is 24.3 Å². The number of aliphatic carboxylic acids is 1. The average Bonchev–Trinajstić information content (AvgIpc) is 3.09. The summed E-state index contributed by atoms with van der Waals surface area (Å²) in [6.07, 6.45) is 0.995. The molecule has 0 bridgehead atoms. The number of aliphatic hydroxyl groups excluding tert-OH is 1. The monoisotopic (exact) mass is 300 g/mol. The molecule has 0 aliphatic heterocycles. The molecule has 0 amide bonds. The second kappa shape index (κ2) is 4.75. The first-order chi connectivity index (χ1) is 9.29. The smallest absolute Gasteiger partial charge is 0.314 e. The van der Waals surface area contributed by atoms with Crippen molar-refractivity contribution in [3.63, 3.8) is 0 Å². The van der Waals surface area contributed by atoms with Gasteiger partial charge >= 0.3 is 5.97 Å². The SMILES string of the molecule is COc1ccc([C@@H]2[C@@H](S(C)(=O)=O)[C@@]2(CO)C(=O)O)cc1. The summed E-state index contributed by atoms with van der Waals surface area (Å²) in [6, 6.07) is 6.53. The van der Waals surface area contributed by atoms with E-state index in [9.17, 15) is 23.4 Å². The molecule has 1 aromatic rings. The second-order valence-electron chi connectivity index (χ2n) is 5.00. The van der Waals surface area contributed by atoms with Crippen LogP contribution in [0.4, 0.5) is 0 Å². The molecule has 1 aliphatic carbocycles. The highest BCUT2D eigenvalue weighted by atomic mass is 32.2. The third-order valence-corrected chi connectivity index (χ3v) is 5.47. The number of carboxylic acids is 1. The number of carbonyl (C=O) groups is 1. The van der Waals surface area contributed by atoms with E-state index in [1.165, 1.54) is 7.11 Å². The third-order valence-electron chi connectivity index (χ3n) is 3.85. The first-order valence-corrected chi connectivity index (χ1v) is 7.91. The van der Waals surface area contributed by atoms with Gasteiger partial charge in [0.1, 0.15) is 11.2 Å². The lowest BCUT2D eigenvalue weighted by atomic mass is 10.00. The van der Waals surface area contributed by atoms with Crippen molar-refractivity contribution in [2.75, 3.05) is 20.0 Å². The fourth-order valence-electron chi connectivity index (χ4n) is 2.83. The topological polar surface area (TPSA) is 101 Å². The number of benzene rings is 1. The lowest BCUT2D eigenvalue weighted by Gasteiger charge is -2.08. The molecule has 6 nitrogen and oxygen atoms in total. The molecule has 0 unspecified atom stereocenters. The summed E-state index contributed by atoms with van der Waals surface area (Å²) in [5, 5.41) is 17.6. The minimum absolute atomic E-state index is 0.567. The molecule has 20 heavy (non-hydrogen) atoms. The maximum Gasteiger partial charge on any atom is 0.314 e. The van der Waals surface area contributed by atoms with Crippen molar-refractivity contribution in [1.29, 1.82) is 0 Å². The minimum atomic E-state index is -3.58. The summed E-state index contributed by atoms with van der Waals surface area (Å²) in [5.74, 6) is -1.45. The maximum atomic E-state index is 11.8. The summed E-state index contributed by atoms with van der Waals surface area (Å²) in [4.78, 5) is 11.4. The van der Waals surface area contributed by atoms with E-state index in [-0.39, 0.29) is 0 Å². The van der Waals surface area contributed by atoms with Crippen molar-refractivity contribution >= 4 is 15.8 Å². The predicted octanol–water partition coefficient (Wildman–Crippen LogP) is 0.269. The molecule has 0 saturated heterocycles. The van der Waals surface area contributed by atoms with Gasteiger partial charge < -0.3 is 14.9 Å². The molecule has 110 valence electrons. The molecular weight excluding hydrogens is 284 g/mol. The third kappa shape index (κ3) is 2.06. The van der Waals surface area contributed by atoms with Gasteiger partial charge in [0.2, 0.25) is 0 Å². The van der Waals surface area contributed by atoms with Gasteiger partial charge in [0.05, 0.1) is 19.0 Å². The minimum Gasteiger partial charge on any atom is -0.497 e. The van der Waals surface area contributed by atoms with Gasteiger partial charge in [-0.05, 0) is 17.7 Å². The summed E-state index contributed by atoms with van der Waals surface area (Å²) < 4.78 is 28.6. The van der Waals surface area contributed by atoms with Crippen molar-refractivity contribution in [3.05, 3.63) is 29.8 Å². The predicted molar refractivity (Wildman–Crippen MR) is 71.5 cm³/mol. The number of sulfone groups is 1. The quantitative estimate of drug-likeness (QED) is 0.809. The van der Waals surface area contributed by atoms with Crippen LogP contribution >= 0.6 is 0 Å². The normalized spacial score (nSPS) is 28.9. The van der Waals surface area contributed by atoms with E-state index in [0.29, 0.717) is 11.3 Å². The van der Waals surface area contributed by atoms with Crippen LogP contribution in [0, 0.1) is 5.41 Å². The first kappa shape index (κ1) is 14.8.